The average Bonchev–Trinajstić information content (AvgIpc) is 2.74. The van der Waals surface area contributed by atoms with Crippen LogP contribution in [0, 0.1) is 11.8 Å². The Bertz CT molecular complexity index is 720. The first-order valence-electron chi connectivity index (χ1n) is 11.2. The highest BCUT2D eigenvalue weighted by atomic mass is 16.5. The van der Waals surface area contributed by atoms with Crippen LogP contribution in [0.3, 0.4) is 0 Å². The van der Waals surface area contributed by atoms with E-state index in [4.69, 9.17) is 4.74 Å². The topological polar surface area (TPSA) is 9.23 Å². The average molecular weight is 377 g/mol. The maximum atomic E-state index is 5.78. The van der Waals surface area contributed by atoms with E-state index in [9.17, 15) is 0 Å². The summed E-state index contributed by atoms with van der Waals surface area (Å²) in [5.74, 6) is 1.75. The molecular weight excluding hydrogens is 340 g/mol. The van der Waals surface area contributed by atoms with Gasteiger partial charge in [-0.2, -0.15) is 0 Å². The Kier molecular flexibility index (Phi) is 8.36. The van der Waals surface area contributed by atoms with Crippen molar-refractivity contribution in [2.24, 2.45) is 11.8 Å². The van der Waals surface area contributed by atoms with Gasteiger partial charge in [-0.3, -0.25) is 0 Å². The van der Waals surface area contributed by atoms with Crippen molar-refractivity contribution in [3.8, 4) is 11.1 Å². The van der Waals surface area contributed by atoms with Crippen LogP contribution in [0.25, 0.3) is 11.1 Å². The van der Waals surface area contributed by atoms with E-state index >= 15 is 0 Å². The second kappa shape index (κ2) is 11.2. The first-order valence-corrected chi connectivity index (χ1v) is 11.2. The molecule has 0 heterocycles. The molecule has 0 amide bonds. The lowest BCUT2D eigenvalue weighted by Crippen LogP contribution is -2.13. The van der Waals surface area contributed by atoms with E-state index in [-0.39, 0.29) is 0 Å². The van der Waals surface area contributed by atoms with Gasteiger partial charge in [-0.05, 0) is 86.0 Å². The third kappa shape index (κ3) is 6.07. The van der Waals surface area contributed by atoms with Crippen LogP contribution >= 0.6 is 0 Å². The van der Waals surface area contributed by atoms with Gasteiger partial charge in [0.2, 0.25) is 0 Å². The first kappa shape index (κ1) is 20.9. The van der Waals surface area contributed by atoms with Crippen LogP contribution in [0.5, 0.6) is 0 Å². The second-order valence-corrected chi connectivity index (χ2v) is 8.25. The van der Waals surface area contributed by atoms with E-state index in [1.165, 1.54) is 60.8 Å². The zero-order valence-corrected chi connectivity index (χ0v) is 17.7. The molecular formula is C27H36O. The number of rotatable bonds is 9. The highest BCUT2D eigenvalue weighted by molar-refractivity contribution is 5.67. The molecule has 0 N–H and O–H groups in total. The standard InChI is InChI=1S/C27H36O/c1-3-7-22-10-12-23(13-11-22)14-15-24-16-18-25(19-17-24)27-9-6-5-8-26(27)21-28-20-4-2/h3,5-9,16-19,22-23H,4,10-15,20-21H2,1-2H3/b7-3+. The molecule has 1 aliphatic carbocycles. The minimum atomic E-state index is 0.696. The summed E-state index contributed by atoms with van der Waals surface area (Å²) in [7, 11) is 0. The predicted octanol–water partition coefficient (Wildman–Crippen LogP) is 7.60. The molecule has 0 unspecified atom stereocenters. The summed E-state index contributed by atoms with van der Waals surface area (Å²) in [5, 5.41) is 0. The highest BCUT2D eigenvalue weighted by Crippen LogP contribution is 2.32. The fourth-order valence-electron chi connectivity index (χ4n) is 4.42. The largest absolute Gasteiger partial charge is 0.377 e. The van der Waals surface area contributed by atoms with Crippen LogP contribution in [0.15, 0.2) is 60.7 Å². The Morgan fingerprint density at radius 2 is 1.71 bits per heavy atom. The highest BCUT2D eigenvalue weighted by Gasteiger charge is 2.19. The third-order valence-corrected chi connectivity index (χ3v) is 6.09. The molecule has 1 saturated carbocycles. The molecule has 1 aliphatic rings. The summed E-state index contributed by atoms with van der Waals surface area (Å²) in [6.45, 7) is 5.82. The van der Waals surface area contributed by atoms with E-state index in [1.54, 1.807) is 0 Å². The van der Waals surface area contributed by atoms with Gasteiger partial charge in [0.1, 0.15) is 0 Å². The Labute approximate surface area is 171 Å². The smallest absolute Gasteiger partial charge is 0.0722 e. The molecule has 1 heteroatoms. The van der Waals surface area contributed by atoms with Crippen molar-refractivity contribution in [2.45, 2.75) is 65.4 Å². The third-order valence-electron chi connectivity index (χ3n) is 6.09. The Morgan fingerprint density at radius 3 is 2.43 bits per heavy atom. The molecule has 0 aromatic heterocycles. The fraction of sp³-hybridized carbons (Fsp3) is 0.481. The van der Waals surface area contributed by atoms with Gasteiger partial charge in [-0.25, -0.2) is 0 Å². The first-order chi connectivity index (χ1) is 13.8. The molecule has 0 spiro atoms. The summed E-state index contributed by atoms with van der Waals surface area (Å²) in [6.07, 6.45) is 13.8. The lowest BCUT2D eigenvalue weighted by atomic mass is 9.79. The van der Waals surface area contributed by atoms with Crippen molar-refractivity contribution in [3.63, 3.8) is 0 Å². The van der Waals surface area contributed by atoms with E-state index in [2.05, 4.69) is 74.5 Å². The van der Waals surface area contributed by atoms with Crippen LogP contribution in [0.2, 0.25) is 0 Å². The maximum Gasteiger partial charge on any atom is 0.0722 e. The quantitative estimate of drug-likeness (QED) is 0.323. The monoisotopic (exact) mass is 376 g/mol. The van der Waals surface area contributed by atoms with Crippen LogP contribution in [-0.4, -0.2) is 6.61 Å². The second-order valence-electron chi connectivity index (χ2n) is 8.25. The van der Waals surface area contributed by atoms with Crippen LogP contribution < -0.4 is 0 Å². The van der Waals surface area contributed by atoms with Crippen molar-refractivity contribution >= 4 is 0 Å². The summed E-state index contributed by atoms with van der Waals surface area (Å²) >= 11 is 0. The van der Waals surface area contributed by atoms with Gasteiger partial charge in [0, 0.05) is 6.61 Å². The van der Waals surface area contributed by atoms with Gasteiger partial charge < -0.3 is 4.74 Å². The summed E-state index contributed by atoms with van der Waals surface area (Å²) in [6, 6.07) is 17.8. The summed E-state index contributed by atoms with van der Waals surface area (Å²) in [5.41, 5.74) is 5.35. The van der Waals surface area contributed by atoms with Crippen LogP contribution in [0.4, 0.5) is 0 Å². The molecule has 0 bridgehead atoms. The zero-order chi connectivity index (χ0) is 19.6. The fourth-order valence-corrected chi connectivity index (χ4v) is 4.42. The van der Waals surface area contributed by atoms with Gasteiger partial charge in [-0.1, -0.05) is 67.6 Å². The van der Waals surface area contributed by atoms with E-state index in [0.29, 0.717) is 6.61 Å². The molecule has 2 aromatic carbocycles. The molecule has 1 fully saturated rings. The lowest BCUT2D eigenvalue weighted by Gasteiger charge is -2.26. The zero-order valence-electron chi connectivity index (χ0n) is 17.7. The Balaban J connectivity index is 1.54. The minimum Gasteiger partial charge on any atom is -0.377 e. The molecule has 150 valence electrons. The molecule has 0 radical (unpaired) electrons. The van der Waals surface area contributed by atoms with E-state index in [1.807, 2.05) is 0 Å². The maximum absolute atomic E-state index is 5.78. The van der Waals surface area contributed by atoms with Crippen molar-refractivity contribution in [1.29, 1.82) is 0 Å². The van der Waals surface area contributed by atoms with Crippen molar-refractivity contribution in [3.05, 3.63) is 71.8 Å². The summed E-state index contributed by atoms with van der Waals surface area (Å²) in [4.78, 5) is 0. The number of aryl methyl sites for hydroxylation is 1. The minimum absolute atomic E-state index is 0.696. The number of hydrogen-bond acceptors (Lipinski definition) is 1. The Morgan fingerprint density at radius 1 is 0.964 bits per heavy atom. The van der Waals surface area contributed by atoms with Gasteiger partial charge in [0.05, 0.1) is 6.61 Å². The van der Waals surface area contributed by atoms with E-state index < -0.39 is 0 Å². The molecule has 0 saturated heterocycles. The van der Waals surface area contributed by atoms with Gasteiger partial charge in [0.25, 0.3) is 0 Å². The summed E-state index contributed by atoms with van der Waals surface area (Å²) < 4.78 is 5.78. The van der Waals surface area contributed by atoms with Crippen molar-refractivity contribution in [1.82, 2.24) is 0 Å². The molecule has 2 aromatic rings. The lowest BCUT2D eigenvalue weighted by molar-refractivity contribution is 0.122. The molecule has 3 rings (SSSR count). The van der Waals surface area contributed by atoms with E-state index in [0.717, 1.165) is 24.9 Å². The predicted molar refractivity (Wildman–Crippen MR) is 120 cm³/mol. The normalized spacial score (nSPS) is 19.9. The van der Waals surface area contributed by atoms with Crippen molar-refractivity contribution < 1.29 is 4.74 Å². The van der Waals surface area contributed by atoms with Gasteiger partial charge >= 0.3 is 0 Å². The molecule has 28 heavy (non-hydrogen) atoms. The van der Waals surface area contributed by atoms with Crippen LogP contribution in [-0.2, 0) is 17.8 Å². The Hall–Kier alpha value is -1.86. The van der Waals surface area contributed by atoms with Crippen LogP contribution in [0.1, 0.15) is 63.5 Å². The number of benzene rings is 2. The number of hydrogen-bond donors (Lipinski definition) is 0. The van der Waals surface area contributed by atoms with Gasteiger partial charge in [0.15, 0.2) is 0 Å². The number of allylic oxidation sites excluding steroid dienone is 2. The SMILES string of the molecule is C/C=C/C1CCC(CCc2ccc(-c3ccccc3COCCC)cc2)CC1. The molecule has 1 nitrogen and oxygen atoms in total. The van der Waals surface area contributed by atoms with Gasteiger partial charge in [-0.15, -0.1) is 0 Å². The molecule has 0 atom stereocenters. The number of ether oxygens (including phenoxy) is 1. The van der Waals surface area contributed by atoms with Crippen molar-refractivity contribution in [2.75, 3.05) is 6.61 Å². The molecule has 0 aliphatic heterocycles.